The smallest absolute Gasteiger partial charge is 0.253 e. The van der Waals surface area contributed by atoms with Gasteiger partial charge in [0.2, 0.25) is 11.8 Å². The Morgan fingerprint density at radius 2 is 1.66 bits per heavy atom. The summed E-state index contributed by atoms with van der Waals surface area (Å²) in [5.41, 5.74) is 1.24. The van der Waals surface area contributed by atoms with E-state index in [0.29, 0.717) is 43.2 Å². The highest BCUT2D eigenvalue weighted by Crippen LogP contribution is 2.39. The lowest BCUT2D eigenvalue weighted by atomic mass is 9.85. The number of carbonyl (C=O) groups excluding carboxylic acids is 4. The van der Waals surface area contributed by atoms with Gasteiger partial charge < -0.3 is 25.3 Å². The highest BCUT2D eigenvalue weighted by Gasteiger charge is 2.54. The van der Waals surface area contributed by atoms with E-state index in [1.165, 1.54) is 12.6 Å². The number of nitrogens with zero attached hydrogens (tertiary/aromatic N) is 4. The molecule has 1 aromatic heterocycles. The number of benzene rings is 2. The Labute approximate surface area is 280 Å². The maximum atomic E-state index is 14.2. The minimum atomic E-state index is -0.881. The summed E-state index contributed by atoms with van der Waals surface area (Å²) in [5.74, 6) is -0.818. The first-order valence-corrected chi connectivity index (χ1v) is 16.9. The molecule has 47 heavy (non-hydrogen) atoms. The van der Waals surface area contributed by atoms with E-state index in [-0.39, 0.29) is 42.6 Å². The maximum Gasteiger partial charge on any atom is 0.253 e. The Balaban J connectivity index is 1.18. The molecule has 3 fully saturated rings. The Morgan fingerprint density at radius 1 is 0.936 bits per heavy atom. The monoisotopic (exact) mass is 656 g/mol. The molecule has 1 unspecified atom stereocenters. The second-order valence-electron chi connectivity index (χ2n) is 12.8. The largest absolute Gasteiger partial charge is 0.352 e. The summed E-state index contributed by atoms with van der Waals surface area (Å²) in [4.78, 5) is 64.0. The molecule has 2 saturated heterocycles. The number of hydrogen-bond donors (Lipinski definition) is 2. The molecule has 6 rings (SSSR count). The zero-order valence-electron chi connectivity index (χ0n) is 26.4. The molecule has 10 nitrogen and oxygen atoms in total. The van der Waals surface area contributed by atoms with Gasteiger partial charge in [-0.25, -0.2) is 0 Å². The van der Waals surface area contributed by atoms with Gasteiger partial charge in [-0.3, -0.25) is 24.2 Å². The number of aromatic nitrogens is 1. The topological polar surface area (TPSA) is 115 Å². The molecule has 3 heterocycles. The van der Waals surface area contributed by atoms with Crippen LogP contribution in [0.1, 0.15) is 60.9 Å². The van der Waals surface area contributed by atoms with Crippen LogP contribution in [-0.4, -0.2) is 82.3 Å². The molecule has 3 aliphatic rings. The lowest BCUT2D eigenvalue weighted by Crippen LogP contribution is -2.60. The van der Waals surface area contributed by atoms with Crippen molar-refractivity contribution in [3.8, 4) is 0 Å². The van der Waals surface area contributed by atoms with E-state index in [9.17, 15) is 19.2 Å². The predicted molar refractivity (Wildman–Crippen MR) is 180 cm³/mol. The van der Waals surface area contributed by atoms with Crippen molar-refractivity contribution in [2.45, 2.75) is 69.0 Å². The molecule has 1 atom stereocenters. The summed E-state index contributed by atoms with van der Waals surface area (Å²) in [6, 6.07) is 19.7. The predicted octanol–water partition coefficient (Wildman–Crippen LogP) is 4.19. The minimum Gasteiger partial charge on any atom is -0.352 e. The first-order valence-electron chi connectivity index (χ1n) is 16.5. The Hall–Kier alpha value is -4.44. The van der Waals surface area contributed by atoms with Crippen molar-refractivity contribution in [1.29, 1.82) is 0 Å². The van der Waals surface area contributed by atoms with Crippen LogP contribution in [0.4, 0.5) is 5.69 Å². The molecule has 246 valence electrons. The van der Waals surface area contributed by atoms with Crippen molar-refractivity contribution in [2.24, 2.45) is 0 Å². The van der Waals surface area contributed by atoms with Gasteiger partial charge in [-0.05, 0) is 67.6 Å². The quantitative estimate of drug-likeness (QED) is 0.357. The average molecular weight is 657 g/mol. The van der Waals surface area contributed by atoms with Gasteiger partial charge in [0, 0.05) is 48.7 Å². The van der Waals surface area contributed by atoms with Crippen LogP contribution in [0, 0.1) is 0 Å². The van der Waals surface area contributed by atoms with Crippen LogP contribution in [0.2, 0.25) is 5.02 Å². The lowest BCUT2D eigenvalue weighted by molar-refractivity contribution is -0.140. The van der Waals surface area contributed by atoms with Crippen molar-refractivity contribution >= 4 is 40.9 Å². The van der Waals surface area contributed by atoms with Crippen molar-refractivity contribution < 1.29 is 19.2 Å². The van der Waals surface area contributed by atoms with E-state index in [1.807, 2.05) is 42.5 Å². The van der Waals surface area contributed by atoms with Crippen LogP contribution in [-0.2, 0) is 20.8 Å². The summed E-state index contributed by atoms with van der Waals surface area (Å²) >= 11 is 6.10. The van der Waals surface area contributed by atoms with E-state index in [0.717, 1.165) is 36.9 Å². The van der Waals surface area contributed by atoms with Gasteiger partial charge in [-0.1, -0.05) is 61.2 Å². The first kappa shape index (κ1) is 32.5. The normalized spacial score (nSPS) is 18.7. The number of carbonyl (C=O) groups is 4. The zero-order chi connectivity index (χ0) is 32.8. The summed E-state index contributed by atoms with van der Waals surface area (Å²) in [7, 11) is 0. The van der Waals surface area contributed by atoms with E-state index >= 15 is 0 Å². The Morgan fingerprint density at radius 3 is 2.34 bits per heavy atom. The van der Waals surface area contributed by atoms with E-state index in [4.69, 9.17) is 11.6 Å². The first-order chi connectivity index (χ1) is 22.8. The van der Waals surface area contributed by atoms with Gasteiger partial charge in [0.15, 0.2) is 0 Å². The molecule has 11 heteroatoms. The molecule has 1 aliphatic carbocycles. The number of amides is 4. The van der Waals surface area contributed by atoms with Crippen LogP contribution in [0.15, 0.2) is 79.1 Å². The van der Waals surface area contributed by atoms with Crippen LogP contribution in [0.5, 0.6) is 0 Å². The molecule has 2 aromatic carbocycles. The number of anilines is 1. The Kier molecular flexibility index (Phi) is 10.1. The van der Waals surface area contributed by atoms with Crippen LogP contribution < -0.4 is 15.5 Å². The maximum absolute atomic E-state index is 14.2. The molecule has 2 N–H and O–H groups in total. The van der Waals surface area contributed by atoms with Crippen LogP contribution >= 0.6 is 11.6 Å². The van der Waals surface area contributed by atoms with Gasteiger partial charge in [0.1, 0.15) is 18.1 Å². The Bertz CT molecular complexity index is 1560. The number of pyridine rings is 1. The van der Waals surface area contributed by atoms with Crippen molar-refractivity contribution in [3.63, 3.8) is 0 Å². The third-order valence-corrected chi connectivity index (χ3v) is 9.92. The third kappa shape index (κ3) is 7.43. The zero-order valence-corrected chi connectivity index (χ0v) is 27.2. The number of rotatable bonds is 9. The van der Waals surface area contributed by atoms with Crippen LogP contribution in [0.3, 0.4) is 0 Å². The van der Waals surface area contributed by atoms with E-state index in [2.05, 4.69) is 20.5 Å². The SMILES string of the molecule is O=C(CN1CN(c2ccccc2)C2(CCN(C(=O)C(Cc3ccc(Cl)cc3)NC(=O)c3cccnc3)CC2)C1=O)NC1CCCCC1. The number of likely N-dealkylation sites (tertiary alicyclic amines) is 1. The number of piperidine rings is 1. The highest BCUT2D eigenvalue weighted by molar-refractivity contribution is 6.30. The third-order valence-electron chi connectivity index (χ3n) is 9.67. The van der Waals surface area contributed by atoms with E-state index < -0.39 is 11.6 Å². The van der Waals surface area contributed by atoms with Gasteiger partial charge in [0.25, 0.3) is 11.8 Å². The molecule has 0 bridgehead atoms. The summed E-state index contributed by atoms with van der Waals surface area (Å²) < 4.78 is 0. The molecule has 1 spiro atoms. The number of para-hydroxylation sites is 1. The molecule has 3 aromatic rings. The molecule has 2 aliphatic heterocycles. The molecule has 0 radical (unpaired) electrons. The number of halogens is 1. The van der Waals surface area contributed by atoms with Crippen molar-refractivity contribution in [2.75, 3.05) is 31.2 Å². The van der Waals surface area contributed by atoms with Gasteiger partial charge in [-0.2, -0.15) is 0 Å². The lowest BCUT2D eigenvalue weighted by Gasteiger charge is -2.44. The second-order valence-corrected chi connectivity index (χ2v) is 13.2. The van der Waals surface area contributed by atoms with Crippen molar-refractivity contribution in [1.82, 2.24) is 25.4 Å². The fourth-order valence-electron chi connectivity index (χ4n) is 7.13. The standard InChI is InChI=1S/C36H41ClN6O4/c37-28-15-13-26(14-16-28)22-31(40-33(45)27-8-7-19-38-23-27)34(46)41-20-17-36(18-21-41)35(47)42(25-43(36)30-11-5-2-6-12-30)24-32(44)39-29-9-3-1-4-10-29/h2,5-8,11-16,19,23,29,31H,1,3-4,9-10,17-18,20-22,24-25H2,(H,39,44)(H,40,45). The summed E-state index contributed by atoms with van der Waals surface area (Å²) in [6.07, 6.45) is 9.51. The second kappa shape index (κ2) is 14.5. The fraction of sp³-hybridized carbons (Fsp3) is 0.417. The summed E-state index contributed by atoms with van der Waals surface area (Å²) in [6.45, 7) is 0.966. The average Bonchev–Trinajstić information content (AvgIpc) is 3.36. The molecule has 4 amide bonds. The van der Waals surface area contributed by atoms with Crippen molar-refractivity contribution in [3.05, 3.63) is 95.3 Å². The van der Waals surface area contributed by atoms with E-state index in [1.54, 1.807) is 40.3 Å². The van der Waals surface area contributed by atoms with Gasteiger partial charge >= 0.3 is 0 Å². The molecular formula is C36H41ClN6O4. The minimum absolute atomic E-state index is 0.00655. The number of hydrogen-bond acceptors (Lipinski definition) is 6. The highest BCUT2D eigenvalue weighted by atomic mass is 35.5. The van der Waals surface area contributed by atoms with Gasteiger partial charge in [-0.15, -0.1) is 0 Å². The molecule has 1 saturated carbocycles. The fourth-order valence-corrected chi connectivity index (χ4v) is 7.25. The molecular weight excluding hydrogens is 616 g/mol. The number of nitrogens with one attached hydrogen (secondary N) is 2. The van der Waals surface area contributed by atoms with Crippen LogP contribution in [0.25, 0.3) is 0 Å². The summed E-state index contributed by atoms with van der Waals surface area (Å²) in [5, 5.41) is 6.66. The van der Waals surface area contributed by atoms with Gasteiger partial charge in [0.05, 0.1) is 12.2 Å².